The fourth-order valence-electron chi connectivity index (χ4n) is 4.45. The topological polar surface area (TPSA) is 32.3 Å². The van der Waals surface area contributed by atoms with E-state index in [-0.39, 0.29) is 11.5 Å². The molecule has 1 heterocycles. The van der Waals surface area contributed by atoms with Crippen molar-refractivity contribution in [3.05, 3.63) is 70.3 Å². The first-order valence-electron chi connectivity index (χ1n) is 9.94. The van der Waals surface area contributed by atoms with E-state index in [1.165, 1.54) is 13.0 Å². The molecule has 1 atom stereocenters. The Hall–Kier alpha value is -2.34. The Morgan fingerprint density at radius 3 is 2.45 bits per heavy atom. The molecule has 1 saturated heterocycles. The molecular formula is C23H27F3N2O. The third kappa shape index (κ3) is 4.32. The van der Waals surface area contributed by atoms with Gasteiger partial charge < -0.3 is 10.2 Å². The number of hydrogen-bond acceptors (Lipinski definition) is 2. The fourth-order valence-corrected chi connectivity index (χ4v) is 4.45. The highest BCUT2D eigenvalue weighted by Gasteiger charge is 2.39. The fraction of sp³-hybridized carbons (Fsp3) is 0.435. The minimum atomic E-state index is -4.43. The van der Waals surface area contributed by atoms with E-state index in [2.05, 4.69) is 10.2 Å². The molecule has 0 aliphatic carbocycles. The number of carbonyl (C=O) groups is 1. The van der Waals surface area contributed by atoms with Crippen LogP contribution in [0.2, 0.25) is 0 Å². The first kappa shape index (κ1) is 21.4. The lowest BCUT2D eigenvalue weighted by Crippen LogP contribution is -2.55. The number of nitrogens with zero attached hydrogens (tertiary/aromatic N) is 1. The smallest absolute Gasteiger partial charge is 0.341 e. The van der Waals surface area contributed by atoms with Gasteiger partial charge in [0.25, 0.3) is 5.91 Å². The molecule has 3 rings (SSSR count). The molecule has 1 aliphatic rings. The van der Waals surface area contributed by atoms with Gasteiger partial charge in [0.05, 0.1) is 11.1 Å². The van der Waals surface area contributed by atoms with E-state index in [0.29, 0.717) is 24.1 Å². The highest BCUT2D eigenvalue weighted by molar-refractivity contribution is 5.96. The van der Waals surface area contributed by atoms with Crippen LogP contribution in [0.3, 0.4) is 0 Å². The second-order valence-corrected chi connectivity index (χ2v) is 7.86. The molecule has 2 aromatic rings. The largest absolute Gasteiger partial charge is 0.416 e. The van der Waals surface area contributed by atoms with E-state index in [1.807, 2.05) is 37.4 Å². The zero-order chi connectivity index (χ0) is 21.2. The summed E-state index contributed by atoms with van der Waals surface area (Å²) in [4.78, 5) is 15.5. The number of carbonyl (C=O) groups excluding carboxylic acids is 1. The first-order chi connectivity index (χ1) is 13.7. The lowest BCUT2D eigenvalue weighted by molar-refractivity contribution is -0.138. The molecule has 156 valence electrons. The number of halogens is 3. The second-order valence-electron chi connectivity index (χ2n) is 7.86. The van der Waals surface area contributed by atoms with Crippen molar-refractivity contribution in [1.82, 2.24) is 10.2 Å². The van der Waals surface area contributed by atoms with Crippen LogP contribution in [0.5, 0.6) is 0 Å². The minimum absolute atomic E-state index is 0.127. The summed E-state index contributed by atoms with van der Waals surface area (Å²) in [6.45, 7) is 4.83. The van der Waals surface area contributed by atoms with Crippen molar-refractivity contribution in [2.75, 3.05) is 20.1 Å². The molecule has 1 N–H and O–H groups in total. The molecule has 3 nitrogen and oxygen atoms in total. The Bertz CT molecular complexity index is 880. The van der Waals surface area contributed by atoms with E-state index in [0.717, 1.165) is 31.0 Å². The second kappa shape index (κ2) is 8.19. The number of hydrogen-bond donors (Lipinski definition) is 1. The highest BCUT2D eigenvalue weighted by Crippen LogP contribution is 2.35. The molecule has 0 bridgehead atoms. The summed E-state index contributed by atoms with van der Waals surface area (Å²) in [6, 6.07) is 12.1. The third-order valence-electron chi connectivity index (χ3n) is 5.86. The molecule has 1 unspecified atom stereocenters. The molecule has 1 amide bonds. The Labute approximate surface area is 169 Å². The Morgan fingerprint density at radius 1 is 1.17 bits per heavy atom. The van der Waals surface area contributed by atoms with Gasteiger partial charge in [-0.25, -0.2) is 0 Å². The SMILES string of the molecule is CCc1c(C(=O)NC2(c3ccccc3)CCCN(C)C2)ccc(C(F)(F)F)c1C. The molecule has 29 heavy (non-hydrogen) atoms. The summed E-state index contributed by atoms with van der Waals surface area (Å²) >= 11 is 0. The molecular weight excluding hydrogens is 377 g/mol. The molecule has 1 fully saturated rings. The zero-order valence-corrected chi connectivity index (χ0v) is 17.1. The standard InChI is InChI=1S/C23H27F3N2O/c1-4-18-16(2)20(23(24,25)26)12-11-19(18)21(29)27-22(13-8-14-28(3)15-22)17-9-6-5-7-10-17/h5-7,9-12H,4,8,13-15H2,1-3H3,(H,27,29). The number of likely N-dealkylation sites (tertiary alicyclic amines) is 1. The summed E-state index contributed by atoms with van der Waals surface area (Å²) in [7, 11) is 2.02. The van der Waals surface area contributed by atoms with Crippen molar-refractivity contribution in [3.8, 4) is 0 Å². The summed E-state index contributed by atoms with van der Waals surface area (Å²) in [5.74, 6) is -0.321. The van der Waals surface area contributed by atoms with Gasteiger partial charge in [0, 0.05) is 12.1 Å². The van der Waals surface area contributed by atoms with Gasteiger partial charge in [-0.1, -0.05) is 37.3 Å². The number of benzene rings is 2. The van der Waals surface area contributed by atoms with E-state index < -0.39 is 17.3 Å². The van der Waals surface area contributed by atoms with E-state index in [9.17, 15) is 18.0 Å². The molecule has 0 aromatic heterocycles. The van der Waals surface area contributed by atoms with Crippen LogP contribution in [-0.2, 0) is 18.1 Å². The van der Waals surface area contributed by atoms with Crippen LogP contribution in [0.4, 0.5) is 13.2 Å². The molecule has 0 spiro atoms. The van der Waals surface area contributed by atoms with Crippen molar-refractivity contribution < 1.29 is 18.0 Å². The van der Waals surface area contributed by atoms with Gasteiger partial charge in [0.15, 0.2) is 0 Å². The van der Waals surface area contributed by atoms with Crippen LogP contribution >= 0.6 is 0 Å². The number of piperidine rings is 1. The van der Waals surface area contributed by atoms with Gasteiger partial charge >= 0.3 is 6.18 Å². The molecule has 0 saturated carbocycles. The minimum Gasteiger partial charge on any atom is -0.341 e. The highest BCUT2D eigenvalue weighted by atomic mass is 19.4. The van der Waals surface area contributed by atoms with Crippen LogP contribution in [0.15, 0.2) is 42.5 Å². The number of amides is 1. The lowest BCUT2D eigenvalue weighted by Gasteiger charge is -2.42. The zero-order valence-electron chi connectivity index (χ0n) is 17.1. The molecule has 1 aliphatic heterocycles. The van der Waals surface area contributed by atoms with Gasteiger partial charge in [-0.3, -0.25) is 4.79 Å². The summed E-state index contributed by atoms with van der Waals surface area (Å²) in [5, 5.41) is 3.19. The van der Waals surface area contributed by atoms with Gasteiger partial charge in [-0.2, -0.15) is 13.2 Å². The van der Waals surface area contributed by atoms with Crippen LogP contribution in [0.25, 0.3) is 0 Å². The van der Waals surface area contributed by atoms with E-state index in [4.69, 9.17) is 0 Å². The van der Waals surface area contributed by atoms with Crippen LogP contribution in [0, 0.1) is 6.92 Å². The Kier molecular flexibility index (Phi) is 6.03. The average molecular weight is 404 g/mol. The van der Waals surface area contributed by atoms with Crippen molar-refractivity contribution >= 4 is 5.91 Å². The lowest BCUT2D eigenvalue weighted by atomic mass is 9.81. The predicted molar refractivity (Wildman–Crippen MR) is 108 cm³/mol. The molecule has 0 radical (unpaired) electrons. The van der Waals surface area contributed by atoms with Gasteiger partial charge in [0.1, 0.15) is 0 Å². The van der Waals surface area contributed by atoms with Crippen molar-refractivity contribution in [2.45, 2.75) is 44.8 Å². The Balaban J connectivity index is 2.00. The number of likely N-dealkylation sites (N-methyl/N-ethyl adjacent to an activating group) is 1. The van der Waals surface area contributed by atoms with Crippen molar-refractivity contribution in [2.24, 2.45) is 0 Å². The van der Waals surface area contributed by atoms with Crippen molar-refractivity contribution in [1.29, 1.82) is 0 Å². The summed E-state index contributed by atoms with van der Waals surface area (Å²) < 4.78 is 39.9. The molecule has 2 aromatic carbocycles. The van der Waals surface area contributed by atoms with Crippen molar-refractivity contribution in [3.63, 3.8) is 0 Å². The van der Waals surface area contributed by atoms with Gasteiger partial charge in [-0.15, -0.1) is 0 Å². The monoisotopic (exact) mass is 404 g/mol. The predicted octanol–water partition coefficient (Wildman–Crippen LogP) is 4.93. The van der Waals surface area contributed by atoms with Crippen LogP contribution in [-0.4, -0.2) is 30.9 Å². The quantitative estimate of drug-likeness (QED) is 0.784. The van der Waals surface area contributed by atoms with Crippen LogP contribution in [0.1, 0.15) is 52.4 Å². The summed E-state index contributed by atoms with van der Waals surface area (Å²) in [5.41, 5.74) is 0.670. The van der Waals surface area contributed by atoms with E-state index >= 15 is 0 Å². The maximum absolute atomic E-state index is 13.3. The van der Waals surface area contributed by atoms with E-state index in [1.54, 1.807) is 6.92 Å². The molecule has 6 heteroatoms. The number of alkyl halides is 3. The maximum Gasteiger partial charge on any atom is 0.416 e. The normalized spacial score (nSPS) is 20.5. The van der Waals surface area contributed by atoms with Gasteiger partial charge in [-0.05, 0) is 68.6 Å². The third-order valence-corrected chi connectivity index (χ3v) is 5.86. The number of nitrogens with one attached hydrogen (secondary N) is 1. The first-order valence-corrected chi connectivity index (χ1v) is 9.94. The Morgan fingerprint density at radius 2 is 1.86 bits per heavy atom. The number of rotatable bonds is 4. The summed E-state index contributed by atoms with van der Waals surface area (Å²) in [6.07, 6.45) is -2.36. The van der Waals surface area contributed by atoms with Gasteiger partial charge in [0.2, 0.25) is 0 Å². The maximum atomic E-state index is 13.3. The van der Waals surface area contributed by atoms with Crippen LogP contribution < -0.4 is 5.32 Å². The average Bonchev–Trinajstić information content (AvgIpc) is 2.67.